The third-order valence-electron chi connectivity index (χ3n) is 4.18. The topological polar surface area (TPSA) is 80.6 Å². The van der Waals surface area contributed by atoms with Crippen LogP contribution in [0.4, 0.5) is 4.39 Å². The molecule has 3 rings (SSSR count). The number of halogens is 1. The molecule has 1 fully saturated rings. The van der Waals surface area contributed by atoms with Crippen LogP contribution in [0.25, 0.3) is 5.82 Å². The van der Waals surface area contributed by atoms with Crippen LogP contribution in [0.15, 0.2) is 27.9 Å². The molecule has 2 aromatic heterocycles. The fourth-order valence-corrected chi connectivity index (χ4v) is 2.87. The molecule has 0 saturated heterocycles. The number of nitrogens with one attached hydrogen (secondary N) is 1. The zero-order chi connectivity index (χ0) is 15.9. The Bertz CT molecular complexity index is 812. The van der Waals surface area contributed by atoms with Crippen molar-refractivity contribution in [1.29, 1.82) is 0 Å². The highest BCUT2D eigenvalue weighted by atomic mass is 19.1. The van der Waals surface area contributed by atoms with E-state index in [2.05, 4.69) is 29.0 Å². The van der Waals surface area contributed by atoms with Crippen molar-refractivity contribution in [3.05, 3.63) is 50.4 Å². The van der Waals surface area contributed by atoms with Crippen LogP contribution in [0.2, 0.25) is 0 Å². The van der Waals surface area contributed by atoms with Gasteiger partial charge in [0.2, 0.25) is 0 Å². The number of aromatic amines is 1. The first kappa shape index (κ1) is 14.6. The number of alkyl halides is 1. The van der Waals surface area contributed by atoms with Gasteiger partial charge >= 0.3 is 5.69 Å². The SMILES string of the molecule is CC(C)[C@H]1C[C@@H]1c1cc(-n2ccc(=O)[nH]c2=O)nnc1CF. The lowest BCUT2D eigenvalue weighted by Crippen LogP contribution is -2.28. The average molecular weight is 304 g/mol. The van der Waals surface area contributed by atoms with Crippen molar-refractivity contribution in [1.82, 2.24) is 19.7 Å². The molecular formula is C15H17FN4O2. The minimum absolute atomic E-state index is 0.262. The van der Waals surface area contributed by atoms with Crippen LogP contribution < -0.4 is 11.2 Å². The molecule has 0 radical (unpaired) electrons. The molecule has 0 spiro atoms. The fourth-order valence-electron chi connectivity index (χ4n) is 2.87. The van der Waals surface area contributed by atoms with E-state index in [9.17, 15) is 14.0 Å². The Balaban J connectivity index is 2.04. The Morgan fingerprint density at radius 3 is 2.77 bits per heavy atom. The Morgan fingerprint density at radius 2 is 2.18 bits per heavy atom. The number of hydrogen-bond acceptors (Lipinski definition) is 4. The molecule has 2 aromatic rings. The summed E-state index contributed by atoms with van der Waals surface area (Å²) < 4.78 is 14.4. The Morgan fingerprint density at radius 1 is 1.41 bits per heavy atom. The van der Waals surface area contributed by atoms with Crippen LogP contribution in [-0.2, 0) is 6.67 Å². The molecule has 7 heteroatoms. The van der Waals surface area contributed by atoms with E-state index in [1.165, 1.54) is 16.8 Å². The molecule has 6 nitrogen and oxygen atoms in total. The average Bonchev–Trinajstić information content (AvgIpc) is 3.27. The molecule has 116 valence electrons. The molecule has 1 N–H and O–H groups in total. The molecule has 2 heterocycles. The van der Waals surface area contributed by atoms with Crippen LogP contribution in [-0.4, -0.2) is 19.7 Å². The van der Waals surface area contributed by atoms with Crippen molar-refractivity contribution in [3.63, 3.8) is 0 Å². The van der Waals surface area contributed by atoms with Gasteiger partial charge in [-0.2, -0.15) is 5.10 Å². The van der Waals surface area contributed by atoms with Crippen LogP contribution in [0.5, 0.6) is 0 Å². The second-order valence-corrected chi connectivity index (χ2v) is 5.97. The summed E-state index contributed by atoms with van der Waals surface area (Å²) in [6.45, 7) is 3.61. The van der Waals surface area contributed by atoms with Crippen molar-refractivity contribution >= 4 is 0 Å². The van der Waals surface area contributed by atoms with Crippen molar-refractivity contribution in [3.8, 4) is 5.82 Å². The van der Waals surface area contributed by atoms with Crippen molar-refractivity contribution in [2.75, 3.05) is 0 Å². The van der Waals surface area contributed by atoms with Crippen molar-refractivity contribution < 1.29 is 4.39 Å². The maximum absolute atomic E-state index is 13.2. The standard InChI is InChI=1S/C15H17FN4O2/c1-8(2)9-5-10(9)11-6-13(19-18-12(11)7-16)20-4-3-14(21)17-15(20)22/h3-4,6,8-10H,5,7H2,1-2H3,(H,17,21,22)/t9-,10+/m1/s1. The van der Waals surface area contributed by atoms with Crippen LogP contribution in [0.1, 0.15) is 37.4 Å². The van der Waals surface area contributed by atoms with Gasteiger partial charge in [0.1, 0.15) is 6.67 Å². The van der Waals surface area contributed by atoms with E-state index >= 15 is 0 Å². The Hall–Kier alpha value is -2.31. The monoisotopic (exact) mass is 304 g/mol. The summed E-state index contributed by atoms with van der Waals surface area (Å²) in [5, 5.41) is 7.82. The van der Waals surface area contributed by atoms with Gasteiger partial charge in [0.05, 0.1) is 5.69 Å². The second-order valence-electron chi connectivity index (χ2n) is 5.97. The summed E-state index contributed by atoms with van der Waals surface area (Å²) in [5.41, 5.74) is 0.0764. The Labute approximate surface area is 126 Å². The largest absolute Gasteiger partial charge is 0.334 e. The zero-order valence-corrected chi connectivity index (χ0v) is 12.4. The molecule has 2 atom stereocenters. The highest BCUT2D eigenvalue weighted by Crippen LogP contribution is 2.52. The van der Waals surface area contributed by atoms with E-state index in [0.29, 0.717) is 23.3 Å². The van der Waals surface area contributed by atoms with Gasteiger partial charge in [0.15, 0.2) is 5.82 Å². The molecule has 1 saturated carbocycles. The smallest absolute Gasteiger partial charge is 0.274 e. The summed E-state index contributed by atoms with van der Waals surface area (Å²) >= 11 is 0. The molecule has 0 aromatic carbocycles. The number of H-pyrrole nitrogens is 1. The molecule has 0 unspecified atom stereocenters. The van der Waals surface area contributed by atoms with Gasteiger partial charge in [-0.1, -0.05) is 13.8 Å². The van der Waals surface area contributed by atoms with Crippen molar-refractivity contribution in [2.24, 2.45) is 11.8 Å². The highest BCUT2D eigenvalue weighted by Gasteiger charge is 2.42. The Kier molecular flexibility index (Phi) is 3.64. The van der Waals surface area contributed by atoms with E-state index in [1.54, 1.807) is 6.07 Å². The molecule has 0 amide bonds. The zero-order valence-electron chi connectivity index (χ0n) is 12.4. The minimum Gasteiger partial charge on any atom is -0.274 e. The normalized spacial score (nSPS) is 20.4. The number of nitrogens with zero attached hydrogens (tertiary/aromatic N) is 3. The lowest BCUT2D eigenvalue weighted by molar-refractivity contribution is 0.465. The lowest BCUT2D eigenvalue weighted by atomic mass is 10.0. The number of hydrogen-bond donors (Lipinski definition) is 1. The van der Waals surface area contributed by atoms with E-state index in [0.717, 1.165) is 12.0 Å². The van der Waals surface area contributed by atoms with Gasteiger partial charge in [0.25, 0.3) is 5.56 Å². The molecule has 0 aliphatic heterocycles. The maximum atomic E-state index is 13.2. The molecule has 0 bridgehead atoms. The van der Waals surface area contributed by atoms with Crippen LogP contribution >= 0.6 is 0 Å². The van der Waals surface area contributed by atoms with Crippen molar-refractivity contribution in [2.45, 2.75) is 32.9 Å². The quantitative estimate of drug-likeness (QED) is 0.929. The van der Waals surface area contributed by atoms with Gasteiger partial charge in [-0.05, 0) is 35.8 Å². The first-order chi connectivity index (χ1) is 10.5. The molecule has 1 aliphatic rings. The molecule has 22 heavy (non-hydrogen) atoms. The first-order valence-electron chi connectivity index (χ1n) is 7.26. The lowest BCUT2D eigenvalue weighted by Gasteiger charge is -2.10. The first-order valence-corrected chi connectivity index (χ1v) is 7.26. The van der Waals surface area contributed by atoms with Gasteiger partial charge in [-0.25, -0.2) is 9.18 Å². The number of rotatable bonds is 4. The second kappa shape index (κ2) is 5.47. The highest BCUT2D eigenvalue weighted by molar-refractivity contribution is 5.35. The van der Waals surface area contributed by atoms with Gasteiger partial charge < -0.3 is 0 Å². The number of aromatic nitrogens is 4. The fraction of sp³-hybridized carbons (Fsp3) is 0.467. The summed E-state index contributed by atoms with van der Waals surface area (Å²) in [5.74, 6) is 1.58. The predicted octanol–water partition coefficient (Wildman–Crippen LogP) is 1.54. The van der Waals surface area contributed by atoms with Crippen LogP contribution in [0, 0.1) is 11.8 Å². The predicted molar refractivity (Wildman–Crippen MR) is 78.7 cm³/mol. The van der Waals surface area contributed by atoms with Gasteiger partial charge in [0, 0.05) is 12.3 Å². The molecular weight excluding hydrogens is 287 g/mol. The van der Waals surface area contributed by atoms with Gasteiger partial charge in [-0.3, -0.25) is 14.3 Å². The van der Waals surface area contributed by atoms with E-state index in [1.807, 2.05) is 0 Å². The summed E-state index contributed by atoms with van der Waals surface area (Å²) in [4.78, 5) is 25.1. The summed E-state index contributed by atoms with van der Waals surface area (Å²) in [6.07, 6.45) is 2.34. The van der Waals surface area contributed by atoms with E-state index in [4.69, 9.17) is 0 Å². The third-order valence-corrected chi connectivity index (χ3v) is 4.18. The minimum atomic E-state index is -0.676. The van der Waals surface area contributed by atoms with Gasteiger partial charge in [-0.15, -0.1) is 5.10 Å². The summed E-state index contributed by atoms with van der Waals surface area (Å²) in [7, 11) is 0. The summed E-state index contributed by atoms with van der Waals surface area (Å²) in [6, 6.07) is 2.94. The van der Waals surface area contributed by atoms with Crippen LogP contribution in [0.3, 0.4) is 0 Å². The van der Waals surface area contributed by atoms with E-state index < -0.39 is 17.9 Å². The van der Waals surface area contributed by atoms with E-state index in [-0.39, 0.29) is 5.92 Å². The maximum Gasteiger partial charge on any atom is 0.334 e. The third kappa shape index (κ3) is 2.58. The molecule has 1 aliphatic carbocycles.